The highest BCUT2D eigenvalue weighted by atomic mass is 19.1. The van der Waals surface area contributed by atoms with Crippen LogP contribution in [0.2, 0.25) is 0 Å². The fourth-order valence-corrected chi connectivity index (χ4v) is 1.62. The highest BCUT2D eigenvalue weighted by Gasteiger charge is 2.11. The van der Waals surface area contributed by atoms with Crippen molar-refractivity contribution in [2.75, 3.05) is 6.54 Å². The van der Waals surface area contributed by atoms with Gasteiger partial charge in [0.25, 0.3) is 0 Å². The number of hydrogen-bond acceptors (Lipinski definition) is 4. The topological polar surface area (TPSA) is 51.0 Å². The lowest BCUT2D eigenvalue weighted by molar-refractivity contribution is 0.362. The minimum atomic E-state index is -0.276. The molecule has 1 N–H and O–H groups in total. The lowest BCUT2D eigenvalue weighted by Gasteiger charge is -2.19. The van der Waals surface area contributed by atoms with Gasteiger partial charge in [-0.25, -0.2) is 4.39 Å². The normalized spacial score (nSPS) is 11.8. The zero-order chi connectivity index (χ0) is 13.9. The van der Waals surface area contributed by atoms with Gasteiger partial charge in [-0.3, -0.25) is 0 Å². The summed E-state index contributed by atoms with van der Waals surface area (Å²) < 4.78 is 18.0. The lowest BCUT2D eigenvalue weighted by Crippen LogP contribution is -2.37. The standard InChI is InChI=1S/C14H18FN3O/c1-14(2,3)16-9-8-12-17-13(18-19-12)10-4-6-11(15)7-5-10/h4-7,16H,8-9H2,1-3H3. The molecule has 0 radical (unpaired) electrons. The van der Waals surface area contributed by atoms with Gasteiger partial charge in [0.2, 0.25) is 11.7 Å². The van der Waals surface area contributed by atoms with Gasteiger partial charge >= 0.3 is 0 Å². The second kappa shape index (κ2) is 5.48. The van der Waals surface area contributed by atoms with Crippen molar-refractivity contribution in [3.63, 3.8) is 0 Å². The maximum absolute atomic E-state index is 12.8. The molecule has 0 unspecified atom stereocenters. The van der Waals surface area contributed by atoms with Crippen LogP contribution in [0, 0.1) is 5.82 Å². The van der Waals surface area contributed by atoms with Crippen LogP contribution in [0.4, 0.5) is 4.39 Å². The molecule has 0 spiro atoms. The summed E-state index contributed by atoms with van der Waals surface area (Å²) in [7, 11) is 0. The molecule has 2 rings (SSSR count). The van der Waals surface area contributed by atoms with Gasteiger partial charge in [-0.2, -0.15) is 4.98 Å². The molecular weight excluding hydrogens is 245 g/mol. The fraction of sp³-hybridized carbons (Fsp3) is 0.429. The van der Waals surface area contributed by atoms with E-state index < -0.39 is 0 Å². The molecule has 0 amide bonds. The minimum absolute atomic E-state index is 0.0693. The van der Waals surface area contributed by atoms with E-state index in [4.69, 9.17) is 4.52 Å². The molecule has 1 heterocycles. The second-order valence-corrected chi connectivity index (χ2v) is 5.45. The van der Waals surface area contributed by atoms with Crippen molar-refractivity contribution in [3.8, 4) is 11.4 Å². The molecule has 1 aromatic heterocycles. The smallest absolute Gasteiger partial charge is 0.228 e. The van der Waals surface area contributed by atoms with Crippen LogP contribution in [0.15, 0.2) is 28.8 Å². The number of halogens is 1. The van der Waals surface area contributed by atoms with Crippen LogP contribution in [0.5, 0.6) is 0 Å². The van der Waals surface area contributed by atoms with Gasteiger partial charge in [0.1, 0.15) is 5.82 Å². The highest BCUT2D eigenvalue weighted by molar-refractivity contribution is 5.53. The molecule has 102 valence electrons. The predicted octanol–water partition coefficient (Wildman–Crippen LogP) is 2.81. The molecule has 2 aromatic rings. The molecule has 0 saturated carbocycles. The Labute approximate surface area is 112 Å². The Kier molecular flexibility index (Phi) is 3.95. The van der Waals surface area contributed by atoms with Gasteiger partial charge < -0.3 is 9.84 Å². The van der Waals surface area contributed by atoms with Crippen molar-refractivity contribution < 1.29 is 8.91 Å². The Bertz CT molecular complexity index is 528. The maximum Gasteiger partial charge on any atom is 0.228 e. The van der Waals surface area contributed by atoms with E-state index in [1.807, 2.05) is 0 Å². The van der Waals surface area contributed by atoms with Crippen LogP contribution in [-0.2, 0) is 6.42 Å². The number of aromatic nitrogens is 2. The summed E-state index contributed by atoms with van der Waals surface area (Å²) >= 11 is 0. The van der Waals surface area contributed by atoms with E-state index in [9.17, 15) is 4.39 Å². The first-order valence-corrected chi connectivity index (χ1v) is 6.27. The summed E-state index contributed by atoms with van der Waals surface area (Å²) in [6.07, 6.45) is 0.672. The molecule has 0 saturated heterocycles. The average molecular weight is 263 g/mol. The van der Waals surface area contributed by atoms with Crippen LogP contribution < -0.4 is 5.32 Å². The largest absolute Gasteiger partial charge is 0.339 e. The van der Waals surface area contributed by atoms with Gasteiger partial charge in [-0.05, 0) is 45.0 Å². The van der Waals surface area contributed by atoms with Crippen LogP contribution in [0.25, 0.3) is 11.4 Å². The SMILES string of the molecule is CC(C)(C)NCCc1nc(-c2ccc(F)cc2)no1. The first kappa shape index (κ1) is 13.7. The third-order valence-electron chi connectivity index (χ3n) is 2.56. The average Bonchev–Trinajstić information content (AvgIpc) is 2.77. The lowest BCUT2D eigenvalue weighted by atomic mass is 10.1. The number of hydrogen-bond donors (Lipinski definition) is 1. The van der Waals surface area contributed by atoms with E-state index >= 15 is 0 Å². The fourth-order valence-electron chi connectivity index (χ4n) is 1.62. The van der Waals surface area contributed by atoms with Gasteiger partial charge in [0.05, 0.1) is 0 Å². The zero-order valence-corrected chi connectivity index (χ0v) is 11.4. The van der Waals surface area contributed by atoms with E-state index in [0.29, 0.717) is 18.1 Å². The predicted molar refractivity (Wildman–Crippen MR) is 71.2 cm³/mol. The molecule has 1 aromatic carbocycles. The first-order chi connectivity index (χ1) is 8.94. The molecule has 0 aliphatic heterocycles. The molecule has 0 atom stereocenters. The molecule has 4 nitrogen and oxygen atoms in total. The minimum Gasteiger partial charge on any atom is -0.339 e. The van der Waals surface area contributed by atoms with Crippen molar-refractivity contribution in [3.05, 3.63) is 36.0 Å². The summed E-state index contributed by atoms with van der Waals surface area (Å²) in [4.78, 5) is 4.29. The Hall–Kier alpha value is -1.75. The molecule has 0 aliphatic carbocycles. The Morgan fingerprint density at radius 1 is 1.21 bits per heavy atom. The van der Waals surface area contributed by atoms with Gasteiger partial charge in [0, 0.05) is 24.1 Å². The zero-order valence-electron chi connectivity index (χ0n) is 11.4. The van der Waals surface area contributed by atoms with Gasteiger partial charge in [-0.15, -0.1) is 0 Å². The summed E-state index contributed by atoms with van der Waals surface area (Å²) in [6.45, 7) is 7.08. The van der Waals surface area contributed by atoms with E-state index in [-0.39, 0.29) is 11.4 Å². The monoisotopic (exact) mass is 263 g/mol. The highest BCUT2D eigenvalue weighted by Crippen LogP contribution is 2.16. The number of benzene rings is 1. The maximum atomic E-state index is 12.8. The second-order valence-electron chi connectivity index (χ2n) is 5.45. The molecule has 0 fully saturated rings. The van der Waals surface area contributed by atoms with Gasteiger partial charge in [-0.1, -0.05) is 5.16 Å². The Balaban J connectivity index is 1.97. The Morgan fingerprint density at radius 2 is 1.89 bits per heavy atom. The molecule has 0 bridgehead atoms. The van der Waals surface area contributed by atoms with E-state index in [1.54, 1.807) is 12.1 Å². The van der Waals surface area contributed by atoms with Crippen molar-refractivity contribution in [1.82, 2.24) is 15.5 Å². The molecule has 0 aliphatic rings. The number of rotatable bonds is 4. The van der Waals surface area contributed by atoms with Crippen molar-refractivity contribution >= 4 is 0 Å². The van der Waals surface area contributed by atoms with Crippen molar-refractivity contribution in [2.45, 2.75) is 32.7 Å². The summed E-state index contributed by atoms with van der Waals surface area (Å²) in [6, 6.07) is 6.04. The first-order valence-electron chi connectivity index (χ1n) is 6.27. The van der Waals surface area contributed by atoms with E-state index in [2.05, 4.69) is 36.2 Å². The number of nitrogens with one attached hydrogen (secondary N) is 1. The summed E-state index contributed by atoms with van der Waals surface area (Å²) in [5, 5.41) is 7.24. The summed E-state index contributed by atoms with van der Waals surface area (Å²) in [5.74, 6) is 0.795. The third-order valence-corrected chi connectivity index (χ3v) is 2.56. The quantitative estimate of drug-likeness (QED) is 0.921. The van der Waals surface area contributed by atoms with Crippen LogP contribution in [0.1, 0.15) is 26.7 Å². The van der Waals surface area contributed by atoms with Crippen LogP contribution in [-0.4, -0.2) is 22.2 Å². The van der Waals surface area contributed by atoms with Crippen molar-refractivity contribution in [2.24, 2.45) is 0 Å². The molecular formula is C14H18FN3O. The molecule has 5 heteroatoms. The van der Waals surface area contributed by atoms with Crippen LogP contribution in [0.3, 0.4) is 0 Å². The molecule has 19 heavy (non-hydrogen) atoms. The van der Waals surface area contributed by atoms with Gasteiger partial charge in [0.15, 0.2) is 0 Å². The van der Waals surface area contributed by atoms with Crippen molar-refractivity contribution in [1.29, 1.82) is 0 Å². The number of nitrogens with zero attached hydrogens (tertiary/aromatic N) is 2. The van der Waals surface area contributed by atoms with E-state index in [1.165, 1.54) is 12.1 Å². The summed E-state index contributed by atoms with van der Waals surface area (Å²) in [5.41, 5.74) is 0.819. The Morgan fingerprint density at radius 3 is 2.53 bits per heavy atom. The van der Waals surface area contributed by atoms with E-state index in [0.717, 1.165) is 12.1 Å². The van der Waals surface area contributed by atoms with Crippen LogP contribution >= 0.6 is 0 Å². The third kappa shape index (κ3) is 4.13.